The molecule has 3 aliphatic heterocycles. The molecule has 0 spiro atoms. The minimum absolute atomic E-state index is 0.194. The van der Waals surface area contributed by atoms with E-state index in [0.29, 0.717) is 24.8 Å². The zero-order chi connectivity index (χ0) is 22.2. The van der Waals surface area contributed by atoms with Gasteiger partial charge in [-0.25, -0.2) is 0 Å². The lowest BCUT2D eigenvalue weighted by Gasteiger charge is -2.42. The van der Waals surface area contributed by atoms with E-state index in [-0.39, 0.29) is 17.7 Å². The largest absolute Gasteiger partial charge is 0.371 e. The maximum Gasteiger partial charge on any atom is 0.235 e. The van der Waals surface area contributed by atoms with Crippen LogP contribution in [0.1, 0.15) is 50.1 Å². The number of nitrogens with zero attached hydrogens (tertiary/aromatic N) is 4. The van der Waals surface area contributed by atoms with Gasteiger partial charge in [0.15, 0.2) is 0 Å². The molecule has 32 heavy (non-hydrogen) atoms. The summed E-state index contributed by atoms with van der Waals surface area (Å²) < 4.78 is 1.87. The zero-order valence-electron chi connectivity index (χ0n) is 18.9. The van der Waals surface area contributed by atoms with Crippen molar-refractivity contribution < 1.29 is 9.59 Å². The number of hydrogen-bond donors (Lipinski definition) is 2. The van der Waals surface area contributed by atoms with E-state index in [1.165, 1.54) is 44.5 Å². The van der Waals surface area contributed by atoms with Gasteiger partial charge in [-0.15, -0.1) is 0 Å². The van der Waals surface area contributed by atoms with Crippen LogP contribution in [0.3, 0.4) is 0 Å². The van der Waals surface area contributed by atoms with Gasteiger partial charge >= 0.3 is 0 Å². The number of nitrogens with two attached hydrogens (primary N) is 1. The van der Waals surface area contributed by atoms with Gasteiger partial charge in [0.2, 0.25) is 11.8 Å². The number of anilines is 1. The number of hydrogen-bond acceptors (Lipinski definition) is 6. The van der Waals surface area contributed by atoms with Crippen molar-refractivity contribution in [2.45, 2.75) is 50.5 Å². The molecule has 0 aliphatic carbocycles. The molecule has 0 saturated carbocycles. The van der Waals surface area contributed by atoms with Gasteiger partial charge in [0, 0.05) is 43.7 Å². The summed E-state index contributed by atoms with van der Waals surface area (Å²) >= 11 is 0. The van der Waals surface area contributed by atoms with Crippen molar-refractivity contribution in [1.82, 2.24) is 20.0 Å². The van der Waals surface area contributed by atoms with Crippen LogP contribution in [0.4, 0.5) is 5.69 Å². The average Bonchev–Trinajstić information content (AvgIpc) is 3.15. The number of imide groups is 1. The molecule has 1 aromatic carbocycles. The van der Waals surface area contributed by atoms with Gasteiger partial charge in [-0.05, 0) is 75.9 Å². The zero-order valence-corrected chi connectivity index (χ0v) is 18.9. The highest BCUT2D eigenvalue weighted by molar-refractivity contribution is 6.02. The molecule has 3 N–H and O–H groups in total. The third-order valence-corrected chi connectivity index (χ3v) is 7.76. The Morgan fingerprint density at radius 2 is 1.81 bits per heavy atom. The molecule has 8 nitrogen and oxygen atoms in total. The number of amides is 2. The molecule has 3 fully saturated rings. The van der Waals surface area contributed by atoms with E-state index in [1.807, 2.05) is 11.7 Å². The molecular weight excluding hydrogens is 404 g/mol. The first kappa shape index (κ1) is 21.4. The minimum atomic E-state index is -0.360. The van der Waals surface area contributed by atoms with Gasteiger partial charge in [0.25, 0.3) is 0 Å². The Labute approximate surface area is 189 Å². The minimum Gasteiger partial charge on any atom is -0.371 e. The normalized spacial score (nSPS) is 24.3. The number of carbonyl (C=O) groups excluding carboxylic acids is 2. The molecule has 1 unspecified atom stereocenters. The van der Waals surface area contributed by atoms with Crippen molar-refractivity contribution in [3.8, 4) is 0 Å². The summed E-state index contributed by atoms with van der Waals surface area (Å²) in [5.74, 6) is -0.0766. The second-order valence-corrected chi connectivity index (χ2v) is 9.65. The van der Waals surface area contributed by atoms with E-state index in [2.05, 4.69) is 38.4 Å². The number of carbonyl (C=O) groups is 2. The Kier molecular flexibility index (Phi) is 5.90. The van der Waals surface area contributed by atoms with Crippen LogP contribution in [0.25, 0.3) is 10.9 Å². The molecule has 3 saturated heterocycles. The van der Waals surface area contributed by atoms with Crippen LogP contribution < -0.4 is 16.0 Å². The summed E-state index contributed by atoms with van der Waals surface area (Å²) in [5, 5.41) is 8.13. The average molecular weight is 439 g/mol. The molecule has 172 valence electrons. The first-order valence-corrected chi connectivity index (χ1v) is 12.0. The number of rotatable bonds is 4. The summed E-state index contributed by atoms with van der Waals surface area (Å²) in [5.41, 5.74) is 8.88. The lowest BCUT2D eigenvalue weighted by molar-refractivity contribution is -0.134. The number of benzene rings is 1. The number of fused-ring (bicyclic) bond motifs is 1. The Morgan fingerprint density at radius 1 is 1.06 bits per heavy atom. The van der Waals surface area contributed by atoms with Gasteiger partial charge < -0.3 is 15.5 Å². The maximum atomic E-state index is 12.4. The molecule has 2 aromatic rings. The highest BCUT2D eigenvalue weighted by atomic mass is 16.2. The van der Waals surface area contributed by atoms with Gasteiger partial charge in [0.1, 0.15) is 0 Å². The summed E-state index contributed by atoms with van der Waals surface area (Å²) in [7, 11) is 1.93. The first-order chi connectivity index (χ1) is 15.5. The van der Waals surface area contributed by atoms with E-state index in [4.69, 9.17) is 5.73 Å². The van der Waals surface area contributed by atoms with E-state index >= 15 is 0 Å². The molecule has 0 bridgehead atoms. The summed E-state index contributed by atoms with van der Waals surface area (Å²) in [6.45, 7) is 5.33. The molecule has 1 aromatic heterocycles. The summed E-state index contributed by atoms with van der Waals surface area (Å²) in [6.07, 6.45) is 5.75. The lowest BCUT2D eigenvalue weighted by Crippen LogP contribution is -2.48. The highest BCUT2D eigenvalue weighted by Gasteiger charge is 2.32. The molecule has 3 aliphatic rings. The van der Waals surface area contributed by atoms with Crippen molar-refractivity contribution in [1.29, 1.82) is 0 Å². The smallest absolute Gasteiger partial charge is 0.235 e. The monoisotopic (exact) mass is 438 g/mol. The lowest BCUT2D eigenvalue weighted by atomic mass is 9.92. The number of likely N-dealkylation sites (tertiary alicyclic amines) is 1. The Balaban J connectivity index is 1.27. The third-order valence-electron chi connectivity index (χ3n) is 7.76. The van der Waals surface area contributed by atoms with Gasteiger partial charge in [0.05, 0.1) is 17.1 Å². The Bertz CT molecular complexity index is 1000. The highest BCUT2D eigenvalue weighted by Crippen LogP contribution is 2.33. The van der Waals surface area contributed by atoms with Crippen molar-refractivity contribution in [3.63, 3.8) is 0 Å². The predicted molar refractivity (Wildman–Crippen MR) is 124 cm³/mol. The fourth-order valence-corrected chi connectivity index (χ4v) is 5.73. The van der Waals surface area contributed by atoms with Crippen LogP contribution in [-0.2, 0) is 16.6 Å². The van der Waals surface area contributed by atoms with Crippen molar-refractivity contribution in [3.05, 3.63) is 23.9 Å². The second-order valence-electron chi connectivity index (χ2n) is 9.65. The van der Waals surface area contributed by atoms with Crippen LogP contribution >= 0.6 is 0 Å². The van der Waals surface area contributed by atoms with Gasteiger partial charge in [-0.3, -0.25) is 19.6 Å². The van der Waals surface area contributed by atoms with E-state index in [1.54, 1.807) is 0 Å². The number of nitrogens with one attached hydrogen (secondary N) is 1. The number of aromatic nitrogens is 2. The number of piperidine rings is 3. The maximum absolute atomic E-state index is 12.4. The van der Waals surface area contributed by atoms with Crippen molar-refractivity contribution in [2.75, 3.05) is 37.6 Å². The van der Waals surface area contributed by atoms with Crippen LogP contribution in [-0.4, -0.2) is 65.3 Å². The van der Waals surface area contributed by atoms with E-state index in [9.17, 15) is 9.59 Å². The fourth-order valence-electron chi connectivity index (χ4n) is 5.73. The van der Waals surface area contributed by atoms with Crippen molar-refractivity contribution in [2.24, 2.45) is 18.7 Å². The van der Waals surface area contributed by atoms with E-state index < -0.39 is 0 Å². The molecule has 4 heterocycles. The quantitative estimate of drug-likeness (QED) is 0.706. The second kappa shape index (κ2) is 8.83. The van der Waals surface area contributed by atoms with Gasteiger partial charge in [-0.2, -0.15) is 5.10 Å². The third kappa shape index (κ3) is 4.01. The SMILES string of the molecule is Cn1nc(C2CCC(=O)NC2=O)c2ccc(N3CCC(N4CCC(CN)CC4)CC3)cc21. The Morgan fingerprint density at radius 3 is 2.50 bits per heavy atom. The summed E-state index contributed by atoms with van der Waals surface area (Å²) in [4.78, 5) is 29.0. The standard InChI is InChI=1S/C24H34N6O2/c1-28-21-14-18(2-3-19(21)23(27-28)20-4-5-22(31)26-24(20)32)30-12-8-17(9-13-30)29-10-6-16(15-25)7-11-29/h2-3,14,16-17,20H,4-13,15,25H2,1H3,(H,26,31,32). The Hall–Kier alpha value is -2.45. The molecular formula is C24H34N6O2. The molecule has 0 radical (unpaired) electrons. The van der Waals surface area contributed by atoms with Crippen LogP contribution in [0, 0.1) is 5.92 Å². The first-order valence-electron chi connectivity index (χ1n) is 12.0. The fraction of sp³-hybridized carbons (Fsp3) is 0.625. The predicted octanol–water partition coefficient (Wildman–Crippen LogP) is 1.73. The van der Waals surface area contributed by atoms with E-state index in [0.717, 1.165) is 36.2 Å². The molecule has 2 amide bonds. The van der Waals surface area contributed by atoms with Gasteiger partial charge in [-0.1, -0.05) is 0 Å². The molecule has 1 atom stereocenters. The number of aryl methyl sites for hydroxylation is 1. The van der Waals surface area contributed by atoms with Crippen molar-refractivity contribution >= 4 is 28.4 Å². The van der Waals surface area contributed by atoms with Crippen LogP contribution in [0.2, 0.25) is 0 Å². The summed E-state index contributed by atoms with van der Waals surface area (Å²) in [6, 6.07) is 7.14. The van der Waals surface area contributed by atoms with Crippen LogP contribution in [0.5, 0.6) is 0 Å². The molecule has 8 heteroatoms. The van der Waals surface area contributed by atoms with Crippen LogP contribution in [0.15, 0.2) is 18.2 Å². The topological polar surface area (TPSA) is 96.5 Å². The molecule has 5 rings (SSSR count).